The monoisotopic (exact) mass is 388 g/mol. The summed E-state index contributed by atoms with van der Waals surface area (Å²) in [5, 5.41) is 8.65. The van der Waals surface area contributed by atoms with Gasteiger partial charge >= 0.3 is 0 Å². The number of halogens is 1. The smallest absolute Gasteiger partial charge is 0.122 e. The highest BCUT2D eigenvalue weighted by Gasteiger charge is 2.24. The topological polar surface area (TPSA) is 34.0 Å². The van der Waals surface area contributed by atoms with E-state index in [4.69, 9.17) is 0 Å². The van der Waals surface area contributed by atoms with Crippen molar-refractivity contribution in [2.45, 2.75) is 6.54 Å². The SMILES string of the molecule is CN1Cc2ccccc2-c2nnn(I)c2-c2ccccc21. The quantitative estimate of drug-likeness (QED) is 0.550. The van der Waals surface area contributed by atoms with Crippen LogP contribution >= 0.6 is 22.9 Å². The Labute approximate surface area is 136 Å². The molecule has 0 atom stereocenters. The van der Waals surface area contributed by atoms with Crippen LogP contribution in [0, 0.1) is 0 Å². The molecule has 104 valence electrons. The van der Waals surface area contributed by atoms with Crippen molar-refractivity contribution in [1.29, 1.82) is 0 Å². The molecule has 1 aliphatic heterocycles. The second kappa shape index (κ2) is 4.84. The zero-order valence-corrected chi connectivity index (χ0v) is 13.7. The van der Waals surface area contributed by atoms with Gasteiger partial charge in [0.2, 0.25) is 0 Å². The van der Waals surface area contributed by atoms with Gasteiger partial charge in [0.1, 0.15) is 11.4 Å². The molecule has 0 fully saturated rings. The van der Waals surface area contributed by atoms with Crippen LogP contribution in [-0.4, -0.2) is 20.3 Å². The number of hydrogen-bond acceptors (Lipinski definition) is 3. The van der Waals surface area contributed by atoms with Crippen molar-refractivity contribution in [3.8, 4) is 22.5 Å². The van der Waals surface area contributed by atoms with Crippen LogP contribution in [0.2, 0.25) is 0 Å². The predicted molar refractivity (Wildman–Crippen MR) is 92.4 cm³/mol. The van der Waals surface area contributed by atoms with Gasteiger partial charge in [-0.15, -0.1) is 5.10 Å². The number of para-hydroxylation sites is 1. The van der Waals surface area contributed by atoms with Gasteiger partial charge in [0.05, 0.1) is 22.9 Å². The van der Waals surface area contributed by atoms with E-state index in [1.807, 2.05) is 2.90 Å². The largest absolute Gasteiger partial charge is 0.370 e. The van der Waals surface area contributed by atoms with Crippen molar-refractivity contribution in [2.75, 3.05) is 11.9 Å². The fraction of sp³-hybridized carbons (Fsp3) is 0.125. The molecule has 0 bridgehead atoms. The van der Waals surface area contributed by atoms with Crippen molar-refractivity contribution < 1.29 is 0 Å². The van der Waals surface area contributed by atoms with Crippen molar-refractivity contribution in [3.63, 3.8) is 0 Å². The van der Waals surface area contributed by atoms with E-state index in [2.05, 4.69) is 93.7 Å². The maximum atomic E-state index is 4.41. The summed E-state index contributed by atoms with van der Waals surface area (Å²) < 4.78 is 1.84. The summed E-state index contributed by atoms with van der Waals surface area (Å²) in [6, 6.07) is 16.8. The summed E-state index contributed by atoms with van der Waals surface area (Å²) >= 11 is 2.20. The molecule has 0 saturated heterocycles. The molecule has 0 spiro atoms. The van der Waals surface area contributed by atoms with E-state index < -0.39 is 0 Å². The minimum Gasteiger partial charge on any atom is -0.370 e. The van der Waals surface area contributed by atoms with Gasteiger partial charge in [-0.3, -0.25) is 0 Å². The fourth-order valence-electron chi connectivity index (χ4n) is 2.91. The standard InChI is InChI=1S/C16H13IN4/c1-20-10-11-6-2-3-7-12(11)15-16(21(17)19-18-15)13-8-4-5-9-14(13)20/h2-9H,10H2,1H3. The lowest BCUT2D eigenvalue weighted by atomic mass is 9.96. The normalized spacial score (nSPS) is 13.0. The maximum Gasteiger partial charge on any atom is 0.122 e. The van der Waals surface area contributed by atoms with Gasteiger partial charge in [-0.1, -0.05) is 47.7 Å². The van der Waals surface area contributed by atoms with Crippen LogP contribution in [0.5, 0.6) is 0 Å². The summed E-state index contributed by atoms with van der Waals surface area (Å²) in [7, 11) is 2.13. The molecule has 21 heavy (non-hydrogen) atoms. The van der Waals surface area contributed by atoms with Crippen molar-refractivity contribution in [3.05, 3.63) is 54.1 Å². The lowest BCUT2D eigenvalue weighted by Gasteiger charge is -2.26. The Hall–Kier alpha value is -1.89. The molecule has 4 rings (SSSR count). The summed E-state index contributed by atoms with van der Waals surface area (Å²) in [4.78, 5) is 2.28. The van der Waals surface area contributed by atoms with Gasteiger partial charge in [-0.25, -0.2) is 0 Å². The molecule has 1 aromatic heterocycles. The molecule has 0 N–H and O–H groups in total. The molecule has 0 radical (unpaired) electrons. The Morgan fingerprint density at radius 3 is 2.57 bits per heavy atom. The average Bonchev–Trinajstić information content (AvgIpc) is 2.87. The Kier molecular flexibility index (Phi) is 2.95. The first-order valence-corrected chi connectivity index (χ1v) is 7.73. The van der Waals surface area contributed by atoms with Crippen molar-refractivity contribution in [1.82, 2.24) is 13.2 Å². The van der Waals surface area contributed by atoms with Gasteiger partial charge in [-0.05, 0) is 11.6 Å². The molecule has 0 amide bonds. The number of benzene rings is 2. The Morgan fingerprint density at radius 2 is 1.71 bits per heavy atom. The zero-order chi connectivity index (χ0) is 14.4. The molecule has 4 nitrogen and oxygen atoms in total. The summed E-state index contributed by atoms with van der Waals surface area (Å²) in [6.45, 7) is 0.862. The third-order valence-corrected chi connectivity index (χ3v) is 4.56. The van der Waals surface area contributed by atoms with Crippen LogP contribution in [0.4, 0.5) is 5.69 Å². The molecular weight excluding hydrogens is 375 g/mol. The van der Waals surface area contributed by atoms with Gasteiger partial charge in [-0.2, -0.15) is 2.90 Å². The number of hydrogen-bond donors (Lipinski definition) is 0. The number of fused-ring (bicyclic) bond motifs is 5. The highest BCUT2D eigenvalue weighted by Crippen LogP contribution is 2.40. The van der Waals surface area contributed by atoms with E-state index in [1.54, 1.807) is 0 Å². The highest BCUT2D eigenvalue weighted by molar-refractivity contribution is 14.1. The van der Waals surface area contributed by atoms with Crippen LogP contribution in [0.3, 0.4) is 0 Å². The van der Waals surface area contributed by atoms with Crippen molar-refractivity contribution in [2.24, 2.45) is 0 Å². The van der Waals surface area contributed by atoms with Gasteiger partial charge in [0.15, 0.2) is 0 Å². The summed E-state index contributed by atoms with van der Waals surface area (Å²) in [6.07, 6.45) is 0. The van der Waals surface area contributed by atoms with Crippen LogP contribution in [0.1, 0.15) is 5.56 Å². The van der Waals surface area contributed by atoms with Crippen LogP contribution in [-0.2, 0) is 6.54 Å². The highest BCUT2D eigenvalue weighted by atomic mass is 127. The van der Waals surface area contributed by atoms with Crippen LogP contribution in [0.25, 0.3) is 22.5 Å². The molecule has 5 heteroatoms. The average molecular weight is 388 g/mol. The Balaban J connectivity index is 2.11. The van der Waals surface area contributed by atoms with Crippen LogP contribution < -0.4 is 4.90 Å². The number of aromatic nitrogens is 3. The number of rotatable bonds is 0. The van der Waals surface area contributed by atoms with E-state index in [9.17, 15) is 0 Å². The van der Waals surface area contributed by atoms with E-state index >= 15 is 0 Å². The van der Waals surface area contributed by atoms with Crippen molar-refractivity contribution >= 4 is 28.6 Å². The van der Waals surface area contributed by atoms with E-state index in [0.717, 1.165) is 23.5 Å². The zero-order valence-electron chi connectivity index (χ0n) is 11.5. The number of nitrogens with zero attached hydrogens (tertiary/aromatic N) is 4. The second-order valence-electron chi connectivity index (χ2n) is 5.18. The third kappa shape index (κ3) is 1.95. The lowest BCUT2D eigenvalue weighted by Crippen LogP contribution is -2.19. The molecule has 3 aromatic rings. The van der Waals surface area contributed by atoms with Gasteiger partial charge < -0.3 is 4.90 Å². The molecule has 0 unspecified atom stereocenters. The Morgan fingerprint density at radius 1 is 1.00 bits per heavy atom. The van der Waals surface area contributed by atoms with Gasteiger partial charge in [0.25, 0.3) is 0 Å². The molecule has 0 aliphatic carbocycles. The molecular formula is C16H13IN4. The lowest BCUT2D eigenvalue weighted by molar-refractivity contribution is 0.922. The predicted octanol–water partition coefficient (Wildman–Crippen LogP) is 3.76. The Bertz CT molecular complexity index is 825. The third-order valence-electron chi connectivity index (χ3n) is 3.88. The fourth-order valence-corrected chi connectivity index (χ4v) is 3.49. The molecule has 2 aromatic carbocycles. The number of anilines is 1. The summed E-state index contributed by atoms with van der Waals surface area (Å²) in [5.41, 5.74) is 6.83. The van der Waals surface area contributed by atoms with E-state index in [-0.39, 0.29) is 0 Å². The molecule has 1 aliphatic rings. The first-order chi connectivity index (χ1) is 10.3. The maximum absolute atomic E-state index is 4.41. The minimum absolute atomic E-state index is 0.862. The molecule has 0 saturated carbocycles. The minimum atomic E-state index is 0.862. The van der Waals surface area contributed by atoms with E-state index in [0.29, 0.717) is 0 Å². The second-order valence-corrected chi connectivity index (χ2v) is 6.09. The van der Waals surface area contributed by atoms with Crippen LogP contribution in [0.15, 0.2) is 48.5 Å². The van der Waals surface area contributed by atoms with E-state index in [1.165, 1.54) is 16.8 Å². The first-order valence-electron chi connectivity index (χ1n) is 6.76. The van der Waals surface area contributed by atoms with Gasteiger partial charge in [0, 0.05) is 30.4 Å². The summed E-state index contributed by atoms with van der Waals surface area (Å²) in [5.74, 6) is 0. The first kappa shape index (κ1) is 12.8. The molecule has 2 heterocycles.